The van der Waals surface area contributed by atoms with Gasteiger partial charge in [-0.05, 0) is 24.3 Å². The average molecular weight is 326 g/mol. The highest BCUT2D eigenvalue weighted by atomic mass is 16.5. The summed E-state index contributed by atoms with van der Waals surface area (Å²) in [6, 6.07) is 8.35. The van der Waals surface area contributed by atoms with Crippen LogP contribution in [0.2, 0.25) is 0 Å². The zero-order valence-corrected chi connectivity index (χ0v) is 12.6. The molecule has 6 nitrogen and oxygen atoms in total. The van der Waals surface area contributed by atoms with Crippen LogP contribution < -0.4 is 9.47 Å². The third kappa shape index (κ3) is 3.80. The third-order valence-corrected chi connectivity index (χ3v) is 3.00. The van der Waals surface area contributed by atoms with Gasteiger partial charge in [0.15, 0.2) is 0 Å². The number of esters is 2. The van der Waals surface area contributed by atoms with Crippen molar-refractivity contribution >= 4 is 11.9 Å². The molecule has 0 aliphatic rings. The first-order valence-electron chi connectivity index (χ1n) is 6.79. The van der Waals surface area contributed by atoms with Gasteiger partial charge in [-0.3, -0.25) is 0 Å². The van der Waals surface area contributed by atoms with E-state index in [0.717, 1.165) is 12.2 Å². The van der Waals surface area contributed by atoms with Crippen LogP contribution in [0.25, 0.3) is 11.1 Å². The van der Waals surface area contributed by atoms with Crippen molar-refractivity contribution in [3.05, 3.63) is 61.7 Å². The molecule has 0 aliphatic carbocycles. The smallest absolute Gasteiger partial charge is 0.335 e. The summed E-state index contributed by atoms with van der Waals surface area (Å²) in [4.78, 5) is 22.3. The molecule has 0 fully saturated rings. The SMILES string of the molecule is C=CC(=O)Oc1ccc(-c2ccc(OC(=O)C=C)cc2O)c(O)c1. The Balaban J connectivity index is 2.31. The predicted molar refractivity (Wildman–Crippen MR) is 86.9 cm³/mol. The molecule has 2 aromatic rings. The Morgan fingerprint density at radius 3 is 1.46 bits per heavy atom. The lowest BCUT2D eigenvalue weighted by atomic mass is 10.0. The maximum atomic E-state index is 11.1. The molecule has 0 saturated carbocycles. The topological polar surface area (TPSA) is 93.1 Å². The zero-order chi connectivity index (χ0) is 17.7. The van der Waals surface area contributed by atoms with E-state index < -0.39 is 11.9 Å². The number of carbonyl (C=O) groups excluding carboxylic acids is 2. The Hall–Kier alpha value is -3.54. The number of carbonyl (C=O) groups is 2. The van der Waals surface area contributed by atoms with Crippen molar-refractivity contribution in [3.63, 3.8) is 0 Å². The van der Waals surface area contributed by atoms with Crippen LogP contribution in [0.3, 0.4) is 0 Å². The number of ether oxygens (including phenoxy) is 2. The Bertz CT molecular complexity index is 753. The largest absolute Gasteiger partial charge is 0.507 e. The Morgan fingerprint density at radius 2 is 1.17 bits per heavy atom. The average Bonchev–Trinajstić information content (AvgIpc) is 2.55. The van der Waals surface area contributed by atoms with E-state index in [0.29, 0.717) is 11.1 Å². The lowest BCUT2D eigenvalue weighted by Gasteiger charge is -2.10. The summed E-state index contributed by atoms with van der Waals surface area (Å²) in [5.41, 5.74) is 0.625. The van der Waals surface area contributed by atoms with E-state index in [4.69, 9.17) is 9.47 Å². The van der Waals surface area contributed by atoms with E-state index in [1.807, 2.05) is 0 Å². The van der Waals surface area contributed by atoms with Crippen LogP contribution in [-0.4, -0.2) is 22.2 Å². The number of phenols is 2. The molecule has 0 atom stereocenters. The lowest BCUT2D eigenvalue weighted by Crippen LogP contribution is -2.03. The molecule has 0 saturated heterocycles. The van der Waals surface area contributed by atoms with Crippen LogP contribution in [0.1, 0.15) is 0 Å². The summed E-state index contributed by atoms with van der Waals surface area (Å²) >= 11 is 0. The molecular weight excluding hydrogens is 312 g/mol. The summed E-state index contributed by atoms with van der Waals surface area (Å²) in [6.45, 7) is 6.56. The van der Waals surface area contributed by atoms with Crippen molar-refractivity contribution in [2.24, 2.45) is 0 Å². The molecular formula is C18H14O6. The molecule has 2 N–H and O–H groups in total. The molecule has 2 aromatic carbocycles. The van der Waals surface area contributed by atoms with E-state index in [1.54, 1.807) is 0 Å². The van der Waals surface area contributed by atoms with Gasteiger partial charge in [0.25, 0.3) is 0 Å². The van der Waals surface area contributed by atoms with Crippen molar-refractivity contribution in [2.75, 3.05) is 0 Å². The first-order chi connectivity index (χ1) is 11.4. The molecule has 0 aromatic heterocycles. The molecule has 6 heteroatoms. The minimum Gasteiger partial charge on any atom is -0.507 e. The van der Waals surface area contributed by atoms with E-state index in [1.165, 1.54) is 36.4 Å². The van der Waals surface area contributed by atoms with Gasteiger partial charge in [-0.2, -0.15) is 0 Å². The summed E-state index contributed by atoms with van der Waals surface area (Å²) < 4.78 is 9.79. The van der Waals surface area contributed by atoms with E-state index >= 15 is 0 Å². The highest BCUT2D eigenvalue weighted by Gasteiger charge is 2.13. The van der Waals surface area contributed by atoms with Gasteiger partial charge in [-0.1, -0.05) is 13.2 Å². The second kappa shape index (κ2) is 7.15. The first-order valence-corrected chi connectivity index (χ1v) is 6.79. The fourth-order valence-corrected chi connectivity index (χ4v) is 1.92. The Kier molecular flexibility index (Phi) is 5.01. The molecule has 122 valence electrons. The predicted octanol–water partition coefficient (Wildman–Crippen LogP) is 2.95. The van der Waals surface area contributed by atoms with Gasteiger partial charge in [0, 0.05) is 35.4 Å². The van der Waals surface area contributed by atoms with Gasteiger partial charge >= 0.3 is 11.9 Å². The highest BCUT2D eigenvalue weighted by molar-refractivity contribution is 5.85. The maximum absolute atomic E-state index is 11.1. The summed E-state index contributed by atoms with van der Waals surface area (Å²) in [7, 11) is 0. The quantitative estimate of drug-likeness (QED) is 0.498. The van der Waals surface area contributed by atoms with Crippen LogP contribution in [-0.2, 0) is 9.59 Å². The number of hydrogen-bond donors (Lipinski definition) is 2. The fraction of sp³-hybridized carbons (Fsp3) is 0. The van der Waals surface area contributed by atoms with Crippen LogP contribution in [0.4, 0.5) is 0 Å². The summed E-state index contributed by atoms with van der Waals surface area (Å²) in [6.07, 6.45) is 2.00. The van der Waals surface area contributed by atoms with Crippen molar-refractivity contribution in [3.8, 4) is 34.1 Å². The van der Waals surface area contributed by atoms with Gasteiger partial charge in [0.2, 0.25) is 0 Å². The normalized spacial score (nSPS) is 9.83. The van der Waals surface area contributed by atoms with Gasteiger partial charge in [-0.15, -0.1) is 0 Å². The number of benzene rings is 2. The second-order valence-electron chi connectivity index (χ2n) is 4.61. The van der Waals surface area contributed by atoms with Crippen LogP contribution in [0, 0.1) is 0 Å². The zero-order valence-electron chi connectivity index (χ0n) is 12.6. The molecule has 0 radical (unpaired) electrons. The number of phenolic OH excluding ortho intramolecular Hbond substituents is 2. The fourth-order valence-electron chi connectivity index (χ4n) is 1.92. The first kappa shape index (κ1) is 16.8. The van der Waals surface area contributed by atoms with Crippen LogP contribution in [0.15, 0.2) is 61.7 Å². The van der Waals surface area contributed by atoms with E-state index in [9.17, 15) is 19.8 Å². The van der Waals surface area contributed by atoms with Gasteiger partial charge in [0.05, 0.1) is 0 Å². The Labute approximate surface area is 137 Å². The molecule has 0 unspecified atom stereocenters. The monoisotopic (exact) mass is 326 g/mol. The molecule has 0 spiro atoms. The van der Waals surface area contributed by atoms with Gasteiger partial charge in [-0.25, -0.2) is 9.59 Å². The third-order valence-electron chi connectivity index (χ3n) is 3.00. The molecule has 2 rings (SSSR count). The Morgan fingerprint density at radius 1 is 0.792 bits per heavy atom. The number of aromatic hydroxyl groups is 2. The van der Waals surface area contributed by atoms with E-state index in [-0.39, 0.29) is 23.0 Å². The van der Waals surface area contributed by atoms with Crippen LogP contribution >= 0.6 is 0 Å². The van der Waals surface area contributed by atoms with Gasteiger partial charge < -0.3 is 19.7 Å². The summed E-state index contributed by atoms with van der Waals surface area (Å²) in [5.74, 6) is -1.43. The van der Waals surface area contributed by atoms with Crippen molar-refractivity contribution < 1.29 is 29.3 Å². The minimum absolute atomic E-state index is 0.136. The molecule has 0 amide bonds. The van der Waals surface area contributed by atoms with Crippen molar-refractivity contribution in [1.82, 2.24) is 0 Å². The summed E-state index contributed by atoms with van der Waals surface area (Å²) in [5, 5.41) is 20.2. The van der Waals surface area contributed by atoms with Crippen molar-refractivity contribution in [2.45, 2.75) is 0 Å². The van der Waals surface area contributed by atoms with E-state index in [2.05, 4.69) is 13.2 Å². The van der Waals surface area contributed by atoms with Crippen molar-refractivity contribution in [1.29, 1.82) is 0 Å². The lowest BCUT2D eigenvalue weighted by molar-refractivity contribution is -0.129. The second-order valence-corrected chi connectivity index (χ2v) is 4.61. The molecule has 0 aliphatic heterocycles. The van der Waals surface area contributed by atoms with Crippen LogP contribution in [0.5, 0.6) is 23.0 Å². The number of rotatable bonds is 5. The highest BCUT2D eigenvalue weighted by Crippen LogP contribution is 2.38. The molecule has 0 heterocycles. The molecule has 24 heavy (non-hydrogen) atoms. The number of hydrogen-bond acceptors (Lipinski definition) is 6. The van der Waals surface area contributed by atoms with Gasteiger partial charge in [0.1, 0.15) is 23.0 Å². The standard InChI is InChI=1S/C18H14O6/c1-3-17(21)23-11-5-7-13(15(19)9-11)14-8-6-12(10-16(14)20)24-18(22)4-2/h3-10,19-20H,1-2H2. The minimum atomic E-state index is -0.654. The molecule has 0 bridgehead atoms. The maximum Gasteiger partial charge on any atom is 0.335 e.